The van der Waals surface area contributed by atoms with E-state index >= 15 is 0 Å². The summed E-state index contributed by atoms with van der Waals surface area (Å²) < 4.78 is 11.2. The molecule has 0 fully saturated rings. The Morgan fingerprint density at radius 1 is 1.41 bits per heavy atom. The number of benzene rings is 1. The first-order chi connectivity index (χ1) is 7.79. The fourth-order valence-electron chi connectivity index (χ4n) is 1.15. The lowest BCUT2D eigenvalue weighted by molar-refractivity contribution is -0.119. The van der Waals surface area contributed by atoms with Crippen LogP contribution in [-0.4, -0.2) is 15.9 Å². The van der Waals surface area contributed by atoms with Crippen molar-refractivity contribution in [2.45, 2.75) is 16.9 Å². The molecule has 94 valence electrons. The van der Waals surface area contributed by atoms with Gasteiger partial charge in [0.1, 0.15) is 12.0 Å². The van der Waals surface area contributed by atoms with E-state index in [9.17, 15) is 9.18 Å². The second-order valence-electron chi connectivity index (χ2n) is 3.33. The van der Waals surface area contributed by atoms with Crippen LogP contribution in [0.5, 0.6) is 0 Å². The van der Waals surface area contributed by atoms with Crippen molar-refractivity contribution in [1.29, 1.82) is 0 Å². The minimum atomic E-state index is -1.75. The number of hydrogen-bond donors (Lipinski definition) is 2. The van der Waals surface area contributed by atoms with Gasteiger partial charge in [-0.25, -0.2) is 4.39 Å². The van der Waals surface area contributed by atoms with Crippen LogP contribution in [0.3, 0.4) is 0 Å². The van der Waals surface area contributed by atoms with Crippen molar-refractivity contribution in [3.63, 3.8) is 0 Å². The third-order valence-electron chi connectivity index (χ3n) is 1.81. The smallest absolute Gasteiger partial charge is 0.228 e. The highest BCUT2D eigenvalue weighted by Gasteiger charge is 2.33. The van der Waals surface area contributed by atoms with Gasteiger partial charge in [-0.3, -0.25) is 4.79 Å². The number of anilines is 1. The molecule has 0 heterocycles. The van der Waals surface area contributed by atoms with Crippen molar-refractivity contribution >= 4 is 46.4 Å². The van der Waals surface area contributed by atoms with Gasteiger partial charge in [0.15, 0.2) is 0 Å². The molecule has 0 aliphatic carbocycles. The molecule has 1 aromatic rings. The molecule has 0 bridgehead atoms. The Bertz CT molecular complexity index is 409. The molecular formula is C10H10Cl3FN2O. The van der Waals surface area contributed by atoms with Crippen molar-refractivity contribution in [2.75, 3.05) is 5.32 Å². The van der Waals surface area contributed by atoms with Crippen LogP contribution in [0, 0.1) is 5.82 Å². The molecule has 1 rings (SSSR count). The van der Waals surface area contributed by atoms with E-state index < -0.39 is 15.8 Å². The molecule has 2 N–H and O–H groups in total. The van der Waals surface area contributed by atoms with Crippen LogP contribution in [0.2, 0.25) is 0 Å². The van der Waals surface area contributed by atoms with E-state index in [-0.39, 0.29) is 5.91 Å². The molecule has 0 unspecified atom stereocenters. The van der Waals surface area contributed by atoms with Crippen molar-refractivity contribution in [1.82, 2.24) is 5.32 Å². The van der Waals surface area contributed by atoms with Gasteiger partial charge in [-0.2, -0.15) is 0 Å². The van der Waals surface area contributed by atoms with Crippen LogP contribution in [0.25, 0.3) is 0 Å². The molecule has 1 atom stereocenters. The summed E-state index contributed by atoms with van der Waals surface area (Å²) in [6.07, 6.45) is -0.952. The largest absolute Gasteiger partial charge is 0.362 e. The molecule has 7 heteroatoms. The van der Waals surface area contributed by atoms with Gasteiger partial charge in [0.05, 0.1) is 0 Å². The molecule has 3 nitrogen and oxygen atoms in total. The molecule has 0 spiro atoms. The summed E-state index contributed by atoms with van der Waals surface area (Å²) in [6.45, 7) is 1.29. The van der Waals surface area contributed by atoms with Crippen molar-refractivity contribution in [3.8, 4) is 0 Å². The SMILES string of the molecule is CC(=O)N[C@H](Nc1cccc(F)c1)C(Cl)(Cl)Cl. The number of carbonyl (C=O) groups excluding carboxylic acids is 1. The van der Waals surface area contributed by atoms with E-state index in [1.807, 2.05) is 0 Å². The summed E-state index contributed by atoms with van der Waals surface area (Å²) in [4.78, 5) is 11.0. The number of rotatable bonds is 3. The highest BCUT2D eigenvalue weighted by atomic mass is 35.6. The molecule has 1 aromatic carbocycles. The van der Waals surface area contributed by atoms with Crippen LogP contribution >= 0.6 is 34.8 Å². The van der Waals surface area contributed by atoms with E-state index in [1.165, 1.54) is 25.1 Å². The third-order valence-corrected chi connectivity index (χ3v) is 2.47. The van der Waals surface area contributed by atoms with Crippen molar-refractivity contribution < 1.29 is 9.18 Å². The topological polar surface area (TPSA) is 41.1 Å². The molecule has 0 radical (unpaired) electrons. The number of halogens is 4. The van der Waals surface area contributed by atoms with Gasteiger partial charge in [0, 0.05) is 12.6 Å². The summed E-state index contributed by atoms with van der Waals surface area (Å²) in [5, 5.41) is 5.14. The zero-order chi connectivity index (χ0) is 13.1. The van der Waals surface area contributed by atoms with Crippen LogP contribution in [0.15, 0.2) is 24.3 Å². The molecule has 0 aromatic heterocycles. The maximum absolute atomic E-state index is 13.0. The summed E-state index contributed by atoms with van der Waals surface area (Å²) in [6, 6.07) is 5.61. The van der Waals surface area contributed by atoms with Gasteiger partial charge in [0.25, 0.3) is 0 Å². The molecule has 0 saturated carbocycles. The Morgan fingerprint density at radius 3 is 2.53 bits per heavy atom. The van der Waals surface area contributed by atoms with Crippen LogP contribution in [-0.2, 0) is 4.79 Å². The molecule has 0 aliphatic heterocycles. The fourth-order valence-corrected chi connectivity index (χ4v) is 1.48. The van der Waals surface area contributed by atoms with Crippen LogP contribution in [0.4, 0.5) is 10.1 Å². The first kappa shape index (κ1) is 14.4. The summed E-state index contributed by atoms with van der Waals surface area (Å²) >= 11 is 17.1. The van der Waals surface area contributed by atoms with Gasteiger partial charge in [-0.15, -0.1) is 0 Å². The number of alkyl halides is 3. The van der Waals surface area contributed by atoms with E-state index in [4.69, 9.17) is 34.8 Å². The quantitative estimate of drug-likeness (QED) is 0.665. The van der Waals surface area contributed by atoms with Gasteiger partial charge in [0.2, 0.25) is 9.70 Å². The maximum Gasteiger partial charge on any atom is 0.228 e. The Morgan fingerprint density at radius 2 is 2.06 bits per heavy atom. The standard InChI is InChI=1S/C10H10Cl3FN2O/c1-6(17)15-9(10(11,12)13)16-8-4-2-3-7(14)5-8/h2-5,9,16H,1H3,(H,15,17)/t9-/m1/s1. The van der Waals surface area contributed by atoms with Crippen molar-refractivity contribution in [3.05, 3.63) is 30.1 Å². The normalized spacial score (nSPS) is 13.0. The minimum absolute atomic E-state index is 0.370. The number of amides is 1. The second-order valence-corrected chi connectivity index (χ2v) is 5.70. The Hall–Kier alpha value is -0.710. The van der Waals surface area contributed by atoms with Gasteiger partial charge in [-0.1, -0.05) is 40.9 Å². The predicted molar refractivity (Wildman–Crippen MR) is 67.9 cm³/mol. The predicted octanol–water partition coefficient (Wildman–Crippen LogP) is 3.07. The monoisotopic (exact) mass is 298 g/mol. The van der Waals surface area contributed by atoms with Gasteiger partial charge >= 0.3 is 0 Å². The average Bonchev–Trinajstić information content (AvgIpc) is 2.14. The lowest BCUT2D eigenvalue weighted by Gasteiger charge is -2.26. The molecule has 0 saturated heterocycles. The fraction of sp³-hybridized carbons (Fsp3) is 0.300. The average molecular weight is 300 g/mol. The summed E-state index contributed by atoms with van der Waals surface area (Å²) in [5.74, 6) is -0.800. The van der Waals surface area contributed by atoms with Crippen LogP contribution < -0.4 is 10.6 Å². The van der Waals surface area contributed by atoms with Gasteiger partial charge < -0.3 is 10.6 Å². The third kappa shape index (κ3) is 4.98. The number of nitrogens with one attached hydrogen (secondary N) is 2. The summed E-state index contributed by atoms with van der Waals surface area (Å²) in [5.41, 5.74) is 0.398. The lowest BCUT2D eigenvalue weighted by atomic mass is 10.3. The van der Waals surface area contributed by atoms with E-state index in [0.717, 1.165) is 0 Å². The van der Waals surface area contributed by atoms with Gasteiger partial charge in [-0.05, 0) is 18.2 Å². The van der Waals surface area contributed by atoms with Crippen molar-refractivity contribution in [2.24, 2.45) is 0 Å². The Kier molecular flexibility index (Phi) is 4.86. The first-order valence-electron chi connectivity index (χ1n) is 4.65. The highest BCUT2D eigenvalue weighted by molar-refractivity contribution is 6.68. The maximum atomic E-state index is 13.0. The number of carbonyl (C=O) groups is 1. The minimum Gasteiger partial charge on any atom is -0.362 e. The molecule has 0 aliphatic rings. The summed E-state index contributed by atoms with van der Waals surface area (Å²) in [7, 11) is 0. The molecule has 17 heavy (non-hydrogen) atoms. The number of hydrogen-bond acceptors (Lipinski definition) is 2. The van der Waals surface area contributed by atoms with Crippen LogP contribution in [0.1, 0.15) is 6.92 Å². The second kappa shape index (κ2) is 5.76. The lowest BCUT2D eigenvalue weighted by Crippen LogP contribution is -2.48. The highest BCUT2D eigenvalue weighted by Crippen LogP contribution is 2.31. The molecule has 1 amide bonds. The van der Waals surface area contributed by atoms with E-state index in [2.05, 4.69) is 10.6 Å². The zero-order valence-corrected chi connectivity index (χ0v) is 11.1. The molecular weight excluding hydrogens is 289 g/mol. The Balaban J connectivity index is 2.83. The Labute approximate surface area is 113 Å². The zero-order valence-electron chi connectivity index (χ0n) is 8.81. The first-order valence-corrected chi connectivity index (χ1v) is 5.78. The van der Waals surface area contributed by atoms with E-state index in [1.54, 1.807) is 6.07 Å². The van der Waals surface area contributed by atoms with E-state index in [0.29, 0.717) is 5.69 Å².